The van der Waals surface area contributed by atoms with Crippen molar-refractivity contribution in [3.05, 3.63) is 42.4 Å². The highest BCUT2D eigenvalue weighted by Gasteiger charge is 2.44. The molecule has 1 unspecified atom stereocenters. The number of nitrogens with one attached hydrogen (secondary N) is 2. The van der Waals surface area contributed by atoms with Crippen LogP contribution in [0.15, 0.2) is 36.8 Å². The standard InChI is InChI=1S/C19H19F5N6O/c20-18(21)10-30(7-5-12-1-3-13(4-2-12)31-19(22,23)24)8-6-15(18)28-16-14-9-27-29-17(14)26-11-25-16/h1-4,9,11,15H,5-8,10H2,(H2,25,26,27,28,29). The molecule has 1 aliphatic heterocycles. The number of benzene rings is 1. The van der Waals surface area contributed by atoms with Crippen molar-refractivity contribution >= 4 is 16.9 Å². The fraction of sp³-hybridized carbons (Fsp3) is 0.421. The van der Waals surface area contributed by atoms with Gasteiger partial charge in [0, 0.05) is 13.1 Å². The van der Waals surface area contributed by atoms with Crippen LogP contribution < -0.4 is 10.1 Å². The van der Waals surface area contributed by atoms with Crippen LogP contribution in [0, 0.1) is 0 Å². The molecule has 1 aromatic carbocycles. The number of anilines is 1. The van der Waals surface area contributed by atoms with Gasteiger partial charge in [0.25, 0.3) is 5.92 Å². The number of piperidine rings is 1. The second-order valence-corrected chi connectivity index (χ2v) is 7.32. The summed E-state index contributed by atoms with van der Waals surface area (Å²) in [6, 6.07) is 4.34. The minimum Gasteiger partial charge on any atom is -0.406 e. The SMILES string of the molecule is FC(F)(F)Oc1ccc(CCN2CCC(Nc3ncnc4[nH]ncc34)C(F)(F)C2)cc1. The molecule has 0 aliphatic carbocycles. The van der Waals surface area contributed by atoms with Crippen molar-refractivity contribution in [2.45, 2.75) is 31.2 Å². The van der Waals surface area contributed by atoms with Gasteiger partial charge in [0.15, 0.2) is 5.65 Å². The van der Waals surface area contributed by atoms with Gasteiger partial charge in [0.2, 0.25) is 0 Å². The van der Waals surface area contributed by atoms with Crippen molar-refractivity contribution in [3.63, 3.8) is 0 Å². The van der Waals surface area contributed by atoms with E-state index in [-0.39, 0.29) is 12.2 Å². The van der Waals surface area contributed by atoms with Crippen molar-refractivity contribution in [1.29, 1.82) is 0 Å². The Morgan fingerprint density at radius 1 is 1.19 bits per heavy atom. The highest BCUT2D eigenvalue weighted by molar-refractivity contribution is 5.85. The number of halogens is 5. The van der Waals surface area contributed by atoms with E-state index in [4.69, 9.17) is 0 Å². The van der Waals surface area contributed by atoms with Crippen LogP contribution >= 0.6 is 0 Å². The summed E-state index contributed by atoms with van der Waals surface area (Å²) >= 11 is 0. The lowest BCUT2D eigenvalue weighted by molar-refractivity contribution is -0.274. The number of nitrogens with zero attached hydrogens (tertiary/aromatic N) is 4. The third-order valence-electron chi connectivity index (χ3n) is 5.11. The first kappa shape index (κ1) is 21.2. The second-order valence-electron chi connectivity index (χ2n) is 7.32. The number of likely N-dealkylation sites (tertiary alicyclic amines) is 1. The minimum absolute atomic E-state index is 0.203. The lowest BCUT2D eigenvalue weighted by Crippen LogP contribution is -2.54. The van der Waals surface area contributed by atoms with Crippen LogP contribution in [-0.4, -0.2) is 63.0 Å². The molecule has 1 atom stereocenters. The molecule has 7 nitrogen and oxygen atoms in total. The Kier molecular flexibility index (Phi) is 5.65. The van der Waals surface area contributed by atoms with E-state index in [0.717, 1.165) is 5.56 Å². The van der Waals surface area contributed by atoms with Crippen LogP contribution in [0.25, 0.3) is 11.0 Å². The predicted octanol–water partition coefficient (Wildman–Crippen LogP) is 3.62. The van der Waals surface area contributed by atoms with E-state index < -0.39 is 24.9 Å². The first-order chi connectivity index (χ1) is 14.7. The summed E-state index contributed by atoms with van der Waals surface area (Å²) in [6.07, 6.45) is -1.35. The molecule has 0 amide bonds. The normalized spacial score (nSPS) is 19.5. The molecule has 0 bridgehead atoms. The molecule has 166 valence electrons. The van der Waals surface area contributed by atoms with Crippen LogP contribution in [0.5, 0.6) is 5.75 Å². The molecule has 31 heavy (non-hydrogen) atoms. The van der Waals surface area contributed by atoms with Gasteiger partial charge in [-0.1, -0.05) is 12.1 Å². The van der Waals surface area contributed by atoms with Gasteiger partial charge in [-0.25, -0.2) is 18.7 Å². The summed E-state index contributed by atoms with van der Waals surface area (Å²) in [5.41, 5.74) is 1.20. The maximum atomic E-state index is 14.8. The quantitative estimate of drug-likeness (QED) is 0.568. The number of hydrogen-bond acceptors (Lipinski definition) is 6. The van der Waals surface area contributed by atoms with E-state index in [1.54, 1.807) is 4.90 Å². The van der Waals surface area contributed by atoms with Gasteiger partial charge in [-0.3, -0.25) is 10.00 Å². The molecule has 1 aliphatic rings. The highest BCUT2D eigenvalue weighted by atomic mass is 19.4. The number of ether oxygens (including phenoxy) is 1. The zero-order chi connectivity index (χ0) is 22.1. The van der Waals surface area contributed by atoms with E-state index in [2.05, 4.69) is 30.2 Å². The Balaban J connectivity index is 1.32. The Bertz CT molecular complexity index is 1020. The summed E-state index contributed by atoms with van der Waals surface area (Å²) in [5.74, 6) is -3.01. The number of aromatic nitrogens is 4. The van der Waals surface area contributed by atoms with Gasteiger partial charge in [-0.2, -0.15) is 5.10 Å². The van der Waals surface area contributed by atoms with Crippen molar-refractivity contribution in [2.24, 2.45) is 0 Å². The zero-order valence-electron chi connectivity index (χ0n) is 16.2. The molecule has 4 rings (SSSR count). The smallest absolute Gasteiger partial charge is 0.406 e. The van der Waals surface area contributed by atoms with Crippen molar-refractivity contribution in [2.75, 3.05) is 25.0 Å². The average Bonchev–Trinajstić information content (AvgIpc) is 3.17. The summed E-state index contributed by atoms with van der Waals surface area (Å²) in [7, 11) is 0. The lowest BCUT2D eigenvalue weighted by Gasteiger charge is -2.38. The maximum Gasteiger partial charge on any atom is 0.573 e. The molecule has 3 heterocycles. The summed E-state index contributed by atoms with van der Waals surface area (Å²) in [4.78, 5) is 9.69. The van der Waals surface area contributed by atoms with Crippen LogP contribution in [0.2, 0.25) is 0 Å². The Hall–Kier alpha value is -3.02. The molecular formula is C19H19F5N6O. The molecule has 0 saturated carbocycles. The first-order valence-electron chi connectivity index (χ1n) is 9.55. The van der Waals surface area contributed by atoms with E-state index in [0.29, 0.717) is 36.4 Å². The van der Waals surface area contributed by atoms with Gasteiger partial charge < -0.3 is 10.1 Å². The zero-order valence-corrected chi connectivity index (χ0v) is 16.2. The van der Waals surface area contributed by atoms with Gasteiger partial charge in [0.05, 0.1) is 24.2 Å². The van der Waals surface area contributed by atoms with E-state index in [1.807, 2.05) is 0 Å². The summed E-state index contributed by atoms with van der Waals surface area (Å²) in [5, 5.41) is 9.89. The van der Waals surface area contributed by atoms with Crippen molar-refractivity contribution in [3.8, 4) is 5.75 Å². The Morgan fingerprint density at radius 2 is 1.97 bits per heavy atom. The minimum atomic E-state index is -4.75. The molecule has 1 fully saturated rings. The maximum absolute atomic E-state index is 14.8. The second kappa shape index (κ2) is 8.25. The third kappa shape index (κ3) is 5.19. The number of H-pyrrole nitrogens is 1. The van der Waals surface area contributed by atoms with Crippen LogP contribution in [0.3, 0.4) is 0 Å². The van der Waals surface area contributed by atoms with Gasteiger partial charge >= 0.3 is 6.36 Å². The molecule has 2 aromatic heterocycles. The average molecular weight is 442 g/mol. The van der Waals surface area contributed by atoms with Gasteiger partial charge in [0.1, 0.15) is 17.9 Å². The van der Waals surface area contributed by atoms with Crippen LogP contribution in [0.1, 0.15) is 12.0 Å². The van der Waals surface area contributed by atoms with Gasteiger partial charge in [-0.05, 0) is 30.5 Å². The monoisotopic (exact) mass is 442 g/mol. The Morgan fingerprint density at radius 3 is 2.68 bits per heavy atom. The van der Waals surface area contributed by atoms with Crippen LogP contribution in [0.4, 0.5) is 27.8 Å². The number of alkyl halides is 5. The molecular weight excluding hydrogens is 423 g/mol. The Labute approximate surface area is 173 Å². The molecule has 3 aromatic rings. The van der Waals surface area contributed by atoms with Gasteiger partial charge in [-0.15, -0.1) is 13.2 Å². The highest BCUT2D eigenvalue weighted by Crippen LogP contribution is 2.31. The number of rotatable bonds is 6. The lowest BCUT2D eigenvalue weighted by atomic mass is 10.00. The van der Waals surface area contributed by atoms with E-state index in [9.17, 15) is 22.0 Å². The summed E-state index contributed by atoms with van der Waals surface area (Å²) in [6.45, 7) is 0.378. The topological polar surface area (TPSA) is 79.0 Å². The van der Waals surface area contributed by atoms with E-state index >= 15 is 0 Å². The summed E-state index contributed by atoms with van der Waals surface area (Å²) < 4.78 is 70.0. The van der Waals surface area contributed by atoms with E-state index in [1.165, 1.54) is 36.8 Å². The molecule has 2 N–H and O–H groups in total. The van der Waals surface area contributed by atoms with Crippen molar-refractivity contribution < 1.29 is 26.7 Å². The fourth-order valence-corrected chi connectivity index (χ4v) is 3.57. The fourth-order valence-electron chi connectivity index (χ4n) is 3.57. The number of hydrogen-bond donors (Lipinski definition) is 2. The largest absolute Gasteiger partial charge is 0.573 e. The molecule has 1 saturated heterocycles. The first-order valence-corrected chi connectivity index (χ1v) is 9.55. The number of fused-ring (bicyclic) bond motifs is 1. The molecule has 0 radical (unpaired) electrons. The molecule has 12 heteroatoms. The van der Waals surface area contributed by atoms with Crippen LogP contribution in [-0.2, 0) is 6.42 Å². The van der Waals surface area contributed by atoms with Crippen molar-refractivity contribution in [1.82, 2.24) is 25.1 Å². The molecule has 0 spiro atoms. The third-order valence-corrected chi connectivity index (χ3v) is 5.11. The predicted molar refractivity (Wildman–Crippen MR) is 102 cm³/mol. The number of aromatic amines is 1.